The van der Waals surface area contributed by atoms with Crippen molar-refractivity contribution in [2.75, 3.05) is 18.8 Å². The number of benzene rings is 1. The van der Waals surface area contributed by atoms with Crippen LogP contribution in [0.2, 0.25) is 0 Å². The molecular formula is C15H21NO3S. The first-order valence-electron chi connectivity index (χ1n) is 6.81. The summed E-state index contributed by atoms with van der Waals surface area (Å²) in [5, 5.41) is 18.9. The Labute approximate surface area is 123 Å². The number of hydrogen-bond acceptors (Lipinski definition) is 4. The molecule has 1 aliphatic heterocycles. The summed E-state index contributed by atoms with van der Waals surface area (Å²) < 4.78 is 0. The van der Waals surface area contributed by atoms with E-state index in [4.69, 9.17) is 0 Å². The van der Waals surface area contributed by atoms with Crippen LogP contribution in [0.5, 0.6) is 0 Å². The fourth-order valence-corrected chi connectivity index (χ4v) is 3.13. The van der Waals surface area contributed by atoms with Gasteiger partial charge in [-0.3, -0.25) is 4.79 Å². The minimum atomic E-state index is -0.800. The molecule has 4 nitrogen and oxygen atoms in total. The Hall–Kier alpha value is -1.04. The Morgan fingerprint density at radius 2 is 1.90 bits per heavy atom. The van der Waals surface area contributed by atoms with Crippen molar-refractivity contribution in [1.82, 2.24) is 4.90 Å². The lowest BCUT2D eigenvalue weighted by Crippen LogP contribution is -2.29. The highest BCUT2D eigenvalue weighted by Crippen LogP contribution is 2.22. The third-order valence-electron chi connectivity index (χ3n) is 3.67. The predicted molar refractivity (Wildman–Crippen MR) is 79.9 cm³/mol. The highest BCUT2D eigenvalue weighted by molar-refractivity contribution is 7.99. The van der Waals surface area contributed by atoms with Gasteiger partial charge in [0.05, 0.1) is 12.2 Å². The molecule has 1 amide bonds. The van der Waals surface area contributed by atoms with Gasteiger partial charge in [-0.1, -0.05) is 6.07 Å². The molecule has 1 aliphatic rings. The molecule has 1 aromatic carbocycles. The molecule has 2 rings (SSSR count). The Kier molecular flexibility index (Phi) is 5.07. The second kappa shape index (κ2) is 6.61. The van der Waals surface area contributed by atoms with Gasteiger partial charge in [0.15, 0.2) is 0 Å². The van der Waals surface area contributed by atoms with Gasteiger partial charge in [0.1, 0.15) is 0 Å². The summed E-state index contributed by atoms with van der Waals surface area (Å²) in [6.45, 7) is 4.65. The van der Waals surface area contributed by atoms with Gasteiger partial charge in [-0.2, -0.15) is 0 Å². The van der Waals surface area contributed by atoms with Crippen LogP contribution in [0.3, 0.4) is 0 Å². The van der Waals surface area contributed by atoms with Crippen molar-refractivity contribution >= 4 is 17.7 Å². The van der Waals surface area contributed by atoms with E-state index in [1.807, 2.05) is 0 Å². The van der Waals surface area contributed by atoms with Gasteiger partial charge in [-0.15, -0.1) is 11.8 Å². The van der Waals surface area contributed by atoms with Crippen LogP contribution in [-0.4, -0.2) is 52.1 Å². The van der Waals surface area contributed by atoms with Gasteiger partial charge in [-0.05, 0) is 37.1 Å². The predicted octanol–water partition coefficient (Wildman–Crippen LogP) is 1.35. The van der Waals surface area contributed by atoms with E-state index in [-0.39, 0.29) is 19.0 Å². The molecule has 2 atom stereocenters. The number of carbonyl (C=O) groups is 1. The normalized spacial score (nSPS) is 22.3. The molecule has 2 N–H and O–H groups in total. The number of hydrogen-bond donors (Lipinski definition) is 2. The number of likely N-dealkylation sites (tertiary alicyclic amines) is 1. The summed E-state index contributed by atoms with van der Waals surface area (Å²) >= 11 is 1.66. The van der Waals surface area contributed by atoms with Gasteiger partial charge in [0.25, 0.3) is 0 Å². The van der Waals surface area contributed by atoms with E-state index in [1.54, 1.807) is 11.8 Å². The van der Waals surface area contributed by atoms with Gasteiger partial charge < -0.3 is 15.1 Å². The van der Waals surface area contributed by atoms with E-state index in [2.05, 4.69) is 32.0 Å². The number of thioether (sulfide) groups is 1. The first-order chi connectivity index (χ1) is 9.47. The van der Waals surface area contributed by atoms with Gasteiger partial charge in [0, 0.05) is 30.2 Å². The number of amides is 1. The molecule has 0 spiro atoms. The summed E-state index contributed by atoms with van der Waals surface area (Å²) in [5.41, 5.74) is 2.53. The number of aliphatic hydroxyl groups excluding tert-OH is 2. The Morgan fingerprint density at radius 3 is 2.50 bits per heavy atom. The molecule has 20 heavy (non-hydrogen) atoms. The molecular weight excluding hydrogens is 274 g/mol. The summed E-state index contributed by atoms with van der Waals surface area (Å²) in [4.78, 5) is 14.6. The van der Waals surface area contributed by atoms with Crippen LogP contribution in [0.1, 0.15) is 17.5 Å². The smallest absolute Gasteiger partial charge is 0.223 e. The van der Waals surface area contributed by atoms with E-state index in [0.717, 1.165) is 0 Å². The summed E-state index contributed by atoms with van der Waals surface area (Å²) in [7, 11) is 0. The third kappa shape index (κ3) is 3.75. The molecule has 1 heterocycles. The van der Waals surface area contributed by atoms with E-state index >= 15 is 0 Å². The van der Waals surface area contributed by atoms with Crippen molar-refractivity contribution in [3.8, 4) is 0 Å². The first kappa shape index (κ1) is 15.4. The van der Waals surface area contributed by atoms with E-state index in [0.29, 0.717) is 12.2 Å². The van der Waals surface area contributed by atoms with Crippen molar-refractivity contribution in [2.24, 2.45) is 0 Å². The molecule has 0 aromatic heterocycles. The molecule has 0 saturated carbocycles. The molecule has 110 valence electrons. The molecule has 0 aliphatic carbocycles. The van der Waals surface area contributed by atoms with Crippen LogP contribution in [0.15, 0.2) is 23.1 Å². The Bertz CT molecular complexity index is 482. The number of aryl methyl sites for hydroxylation is 2. The fourth-order valence-electron chi connectivity index (χ4n) is 2.19. The zero-order valence-electron chi connectivity index (χ0n) is 11.9. The summed E-state index contributed by atoms with van der Waals surface area (Å²) in [6.07, 6.45) is -1.17. The number of rotatable bonds is 4. The molecule has 2 unspecified atom stereocenters. The minimum Gasteiger partial charge on any atom is -0.388 e. The van der Waals surface area contributed by atoms with E-state index in [9.17, 15) is 15.0 Å². The number of nitrogens with zero attached hydrogens (tertiary/aromatic N) is 1. The lowest BCUT2D eigenvalue weighted by molar-refractivity contribution is -0.130. The molecule has 1 saturated heterocycles. The van der Waals surface area contributed by atoms with E-state index < -0.39 is 12.2 Å². The second-order valence-electron chi connectivity index (χ2n) is 5.28. The quantitative estimate of drug-likeness (QED) is 0.823. The SMILES string of the molecule is Cc1ccc(SCCC(=O)N2CC(O)C(O)C2)cc1C. The number of aliphatic hydroxyl groups is 2. The van der Waals surface area contributed by atoms with Crippen molar-refractivity contribution < 1.29 is 15.0 Å². The molecule has 0 radical (unpaired) electrons. The lowest BCUT2D eigenvalue weighted by atomic mass is 10.1. The third-order valence-corrected chi connectivity index (χ3v) is 4.67. The zero-order chi connectivity index (χ0) is 14.7. The highest BCUT2D eigenvalue weighted by atomic mass is 32.2. The topological polar surface area (TPSA) is 60.8 Å². The Balaban J connectivity index is 1.78. The summed E-state index contributed by atoms with van der Waals surface area (Å²) in [5.74, 6) is 0.709. The van der Waals surface area contributed by atoms with Crippen molar-refractivity contribution in [3.05, 3.63) is 29.3 Å². The maximum Gasteiger partial charge on any atom is 0.223 e. The average molecular weight is 295 g/mol. The second-order valence-corrected chi connectivity index (χ2v) is 6.45. The van der Waals surface area contributed by atoms with Crippen molar-refractivity contribution in [2.45, 2.75) is 37.4 Å². The van der Waals surface area contributed by atoms with Crippen LogP contribution in [-0.2, 0) is 4.79 Å². The monoisotopic (exact) mass is 295 g/mol. The average Bonchev–Trinajstić information content (AvgIpc) is 2.74. The molecule has 1 aromatic rings. The van der Waals surface area contributed by atoms with Crippen LogP contribution < -0.4 is 0 Å². The number of carbonyl (C=O) groups excluding carboxylic acids is 1. The fraction of sp³-hybridized carbons (Fsp3) is 0.533. The van der Waals surface area contributed by atoms with Crippen LogP contribution in [0, 0.1) is 13.8 Å². The van der Waals surface area contributed by atoms with Gasteiger partial charge in [-0.25, -0.2) is 0 Å². The maximum atomic E-state index is 11.9. The van der Waals surface area contributed by atoms with Gasteiger partial charge in [0.2, 0.25) is 5.91 Å². The van der Waals surface area contributed by atoms with E-state index in [1.165, 1.54) is 20.9 Å². The molecule has 5 heteroatoms. The van der Waals surface area contributed by atoms with Crippen molar-refractivity contribution in [1.29, 1.82) is 0 Å². The maximum absolute atomic E-state index is 11.9. The minimum absolute atomic E-state index is 0.00284. The Morgan fingerprint density at radius 1 is 1.25 bits per heavy atom. The lowest BCUT2D eigenvalue weighted by Gasteiger charge is -2.15. The van der Waals surface area contributed by atoms with Crippen molar-refractivity contribution in [3.63, 3.8) is 0 Å². The van der Waals surface area contributed by atoms with Crippen LogP contribution >= 0.6 is 11.8 Å². The molecule has 0 bridgehead atoms. The van der Waals surface area contributed by atoms with Crippen LogP contribution in [0.4, 0.5) is 0 Å². The zero-order valence-corrected chi connectivity index (χ0v) is 12.7. The molecule has 1 fully saturated rings. The largest absolute Gasteiger partial charge is 0.388 e. The van der Waals surface area contributed by atoms with Crippen LogP contribution in [0.25, 0.3) is 0 Å². The number of β-amino-alcohol motifs (C(OH)–C–C–N with tert-alkyl or cyclic N) is 2. The van der Waals surface area contributed by atoms with Gasteiger partial charge >= 0.3 is 0 Å². The highest BCUT2D eigenvalue weighted by Gasteiger charge is 2.31. The summed E-state index contributed by atoms with van der Waals surface area (Å²) in [6, 6.07) is 6.29. The standard InChI is InChI=1S/C15H21NO3S/c1-10-3-4-12(7-11(10)2)20-6-5-15(19)16-8-13(17)14(18)9-16/h3-4,7,13-14,17-18H,5-6,8-9H2,1-2H3. The first-order valence-corrected chi connectivity index (χ1v) is 7.80.